The van der Waals surface area contributed by atoms with Crippen LogP contribution in [0, 0.1) is 5.92 Å². The van der Waals surface area contributed by atoms with Crippen molar-refractivity contribution in [3.63, 3.8) is 0 Å². The number of ether oxygens (including phenoxy) is 4. The van der Waals surface area contributed by atoms with Gasteiger partial charge < -0.3 is 18.9 Å². The minimum atomic E-state index is -0.228. The predicted molar refractivity (Wildman–Crippen MR) is 128 cm³/mol. The van der Waals surface area contributed by atoms with E-state index in [4.69, 9.17) is 18.9 Å². The number of aromatic nitrogens is 3. The molecule has 0 fully saturated rings. The Hall–Kier alpha value is -3.59. The Morgan fingerprint density at radius 2 is 1.67 bits per heavy atom. The molecule has 0 radical (unpaired) electrons. The van der Waals surface area contributed by atoms with Crippen LogP contribution in [0.4, 0.5) is 0 Å². The molecule has 0 atom stereocenters. The Balaban J connectivity index is 1.67. The average Bonchev–Trinajstić information content (AvgIpc) is 3.36. The Morgan fingerprint density at radius 1 is 0.970 bits per heavy atom. The zero-order chi connectivity index (χ0) is 23.5. The van der Waals surface area contributed by atoms with Gasteiger partial charge in [0, 0.05) is 5.56 Å². The molecular formula is C24H25N3O5S. The van der Waals surface area contributed by atoms with Gasteiger partial charge >= 0.3 is 0 Å². The van der Waals surface area contributed by atoms with Crippen molar-refractivity contribution in [2.45, 2.75) is 13.8 Å². The smallest absolute Gasteiger partial charge is 0.291 e. The van der Waals surface area contributed by atoms with Gasteiger partial charge in [-0.25, -0.2) is 0 Å². The summed E-state index contributed by atoms with van der Waals surface area (Å²) in [6, 6.07) is 11.0. The molecule has 2 aromatic carbocycles. The lowest BCUT2D eigenvalue weighted by Gasteiger charge is -2.12. The van der Waals surface area contributed by atoms with Gasteiger partial charge in [-0.3, -0.25) is 4.79 Å². The molecular weight excluding hydrogens is 442 g/mol. The van der Waals surface area contributed by atoms with Crippen molar-refractivity contribution in [3.05, 3.63) is 56.8 Å². The van der Waals surface area contributed by atoms with Crippen LogP contribution in [0.3, 0.4) is 0 Å². The maximum absolute atomic E-state index is 12.9. The van der Waals surface area contributed by atoms with E-state index < -0.39 is 0 Å². The second kappa shape index (κ2) is 9.50. The first-order valence-corrected chi connectivity index (χ1v) is 11.2. The van der Waals surface area contributed by atoms with E-state index in [1.54, 1.807) is 39.5 Å². The van der Waals surface area contributed by atoms with E-state index in [0.29, 0.717) is 50.8 Å². The molecule has 0 amide bonds. The Bertz CT molecular complexity index is 1390. The Morgan fingerprint density at radius 3 is 2.33 bits per heavy atom. The van der Waals surface area contributed by atoms with Gasteiger partial charge in [-0.15, -0.1) is 5.10 Å². The van der Waals surface area contributed by atoms with Gasteiger partial charge in [-0.2, -0.15) is 9.50 Å². The summed E-state index contributed by atoms with van der Waals surface area (Å²) in [6.07, 6.45) is 1.80. The van der Waals surface area contributed by atoms with E-state index in [1.165, 1.54) is 15.9 Å². The average molecular weight is 468 g/mol. The lowest BCUT2D eigenvalue weighted by Crippen LogP contribution is -2.23. The van der Waals surface area contributed by atoms with Gasteiger partial charge in [-0.05, 0) is 47.9 Å². The molecule has 8 nitrogen and oxygen atoms in total. The van der Waals surface area contributed by atoms with E-state index in [0.717, 1.165) is 11.1 Å². The molecule has 4 aromatic rings. The standard InChI is InChI=1S/C24H25N3O5S/c1-14(2)13-32-18-8-6-15(10-19(18)30-4)11-21-23(28)27-24(33-21)25-22(26-27)16-7-9-17(29-3)20(12-16)31-5/h6-12,14H,13H2,1-5H3/b21-11-. The number of hydrogen-bond donors (Lipinski definition) is 0. The first-order chi connectivity index (χ1) is 15.9. The van der Waals surface area contributed by atoms with Crippen molar-refractivity contribution >= 4 is 22.4 Å². The largest absolute Gasteiger partial charge is 0.493 e. The fourth-order valence-corrected chi connectivity index (χ4v) is 4.14. The van der Waals surface area contributed by atoms with Crippen molar-refractivity contribution in [2.75, 3.05) is 27.9 Å². The van der Waals surface area contributed by atoms with E-state index in [1.807, 2.05) is 24.3 Å². The molecule has 2 heterocycles. The Labute approximate surface area is 195 Å². The van der Waals surface area contributed by atoms with Gasteiger partial charge in [0.1, 0.15) is 0 Å². The predicted octanol–water partition coefficient (Wildman–Crippen LogP) is 3.43. The summed E-state index contributed by atoms with van der Waals surface area (Å²) in [7, 11) is 4.74. The molecule has 4 rings (SSSR count). The summed E-state index contributed by atoms with van der Waals surface area (Å²) < 4.78 is 23.7. The summed E-state index contributed by atoms with van der Waals surface area (Å²) in [5.74, 6) is 3.32. The van der Waals surface area contributed by atoms with Crippen LogP contribution in [0.15, 0.2) is 41.2 Å². The highest BCUT2D eigenvalue weighted by Gasteiger charge is 2.14. The summed E-state index contributed by atoms with van der Waals surface area (Å²) in [5.41, 5.74) is 1.33. The minimum Gasteiger partial charge on any atom is -0.493 e. The maximum Gasteiger partial charge on any atom is 0.291 e. The third-order valence-corrected chi connectivity index (χ3v) is 5.84. The van der Waals surface area contributed by atoms with Crippen molar-refractivity contribution < 1.29 is 18.9 Å². The number of fused-ring (bicyclic) bond motifs is 1. The number of rotatable bonds is 8. The highest BCUT2D eigenvalue weighted by Crippen LogP contribution is 2.31. The molecule has 0 N–H and O–H groups in total. The van der Waals surface area contributed by atoms with Crippen molar-refractivity contribution in [3.8, 4) is 34.4 Å². The summed E-state index contributed by atoms with van der Waals surface area (Å²) in [5, 5.41) is 4.41. The van der Waals surface area contributed by atoms with Gasteiger partial charge in [0.2, 0.25) is 4.96 Å². The van der Waals surface area contributed by atoms with Crippen LogP contribution in [-0.2, 0) is 0 Å². The molecule has 0 spiro atoms. The molecule has 0 aliphatic carbocycles. The van der Waals surface area contributed by atoms with Crippen LogP contribution in [-0.4, -0.2) is 42.5 Å². The van der Waals surface area contributed by atoms with Gasteiger partial charge in [0.05, 0.1) is 32.5 Å². The summed E-state index contributed by atoms with van der Waals surface area (Å²) in [4.78, 5) is 18.0. The van der Waals surface area contributed by atoms with Crippen LogP contribution in [0.5, 0.6) is 23.0 Å². The lowest BCUT2D eigenvalue weighted by atomic mass is 10.2. The van der Waals surface area contributed by atoms with E-state index in [2.05, 4.69) is 23.9 Å². The van der Waals surface area contributed by atoms with Crippen LogP contribution < -0.4 is 29.0 Å². The fraction of sp³-hybridized carbons (Fsp3) is 0.292. The second-order valence-corrected chi connectivity index (χ2v) is 8.74. The normalized spacial score (nSPS) is 11.9. The third-order valence-electron chi connectivity index (χ3n) is 4.88. The van der Waals surface area contributed by atoms with Crippen LogP contribution in [0.1, 0.15) is 19.4 Å². The van der Waals surface area contributed by atoms with Gasteiger partial charge in [0.25, 0.3) is 5.56 Å². The van der Waals surface area contributed by atoms with Crippen molar-refractivity contribution in [2.24, 2.45) is 5.92 Å². The summed E-state index contributed by atoms with van der Waals surface area (Å²) >= 11 is 1.28. The zero-order valence-corrected chi connectivity index (χ0v) is 19.9. The topological polar surface area (TPSA) is 84.2 Å². The molecule has 0 aliphatic heterocycles. The van der Waals surface area contributed by atoms with Gasteiger partial charge in [-0.1, -0.05) is 31.3 Å². The lowest BCUT2D eigenvalue weighted by molar-refractivity contribution is 0.257. The fourth-order valence-electron chi connectivity index (χ4n) is 3.23. The zero-order valence-electron chi connectivity index (χ0n) is 19.1. The van der Waals surface area contributed by atoms with Gasteiger partial charge in [0.15, 0.2) is 28.8 Å². The maximum atomic E-state index is 12.9. The number of thiazole rings is 1. The number of nitrogens with zero attached hydrogens (tertiary/aromatic N) is 3. The Kier molecular flexibility index (Phi) is 6.50. The molecule has 33 heavy (non-hydrogen) atoms. The number of methoxy groups -OCH3 is 3. The quantitative estimate of drug-likeness (QED) is 0.393. The second-order valence-electron chi connectivity index (χ2n) is 7.73. The molecule has 2 aromatic heterocycles. The van der Waals surface area contributed by atoms with Crippen LogP contribution in [0.2, 0.25) is 0 Å². The molecule has 172 valence electrons. The highest BCUT2D eigenvalue weighted by atomic mass is 32.1. The van der Waals surface area contributed by atoms with E-state index in [-0.39, 0.29) is 5.56 Å². The molecule has 0 aliphatic rings. The molecule has 0 saturated heterocycles. The molecule has 0 unspecified atom stereocenters. The summed E-state index contributed by atoms with van der Waals surface area (Å²) in [6.45, 7) is 4.77. The molecule has 9 heteroatoms. The highest BCUT2D eigenvalue weighted by molar-refractivity contribution is 7.15. The van der Waals surface area contributed by atoms with Crippen LogP contribution in [0.25, 0.3) is 22.4 Å². The van der Waals surface area contributed by atoms with Crippen molar-refractivity contribution in [1.82, 2.24) is 14.6 Å². The third kappa shape index (κ3) is 4.63. The van der Waals surface area contributed by atoms with E-state index in [9.17, 15) is 4.79 Å². The first kappa shape index (κ1) is 22.6. The molecule has 0 saturated carbocycles. The van der Waals surface area contributed by atoms with E-state index >= 15 is 0 Å². The number of hydrogen-bond acceptors (Lipinski definition) is 8. The molecule has 0 bridgehead atoms. The minimum absolute atomic E-state index is 0.228. The van der Waals surface area contributed by atoms with Crippen LogP contribution >= 0.6 is 11.3 Å². The SMILES string of the molecule is COc1ccc(-c2nc3s/c(=C\c4ccc(OCC(C)C)c(OC)c4)c(=O)n3n2)cc1OC. The first-order valence-electron chi connectivity index (χ1n) is 10.4. The number of benzene rings is 2. The van der Waals surface area contributed by atoms with Crippen molar-refractivity contribution in [1.29, 1.82) is 0 Å². The monoisotopic (exact) mass is 467 g/mol.